The van der Waals surface area contributed by atoms with E-state index in [1.54, 1.807) is 41.3 Å². The van der Waals surface area contributed by atoms with Crippen molar-refractivity contribution in [1.82, 2.24) is 4.90 Å². The van der Waals surface area contributed by atoms with Gasteiger partial charge in [0.05, 0.1) is 29.6 Å². The predicted molar refractivity (Wildman–Crippen MR) is 165 cm³/mol. The number of benzene rings is 3. The molecule has 4 atom stereocenters. The van der Waals surface area contributed by atoms with Crippen LogP contribution in [0.25, 0.3) is 0 Å². The van der Waals surface area contributed by atoms with Gasteiger partial charge in [-0.05, 0) is 73.2 Å². The third-order valence-electron chi connectivity index (χ3n) is 7.98. The lowest BCUT2D eigenvalue weighted by atomic mass is 9.89. The van der Waals surface area contributed by atoms with E-state index < -0.39 is 45.4 Å². The van der Waals surface area contributed by atoms with E-state index in [2.05, 4.69) is 0 Å². The first-order valence-electron chi connectivity index (χ1n) is 14.3. The standard InChI is InChI=1S/C32H33Cl2FN2O5S/c1-2-25(20-36(43(40,41)26-16-17-26)28-10-4-3-9-27(28)35)37-30(21-12-14-23(33)15-13-21)31(22-7-5-8-24(34)19-22)42-29(32(37)39)11-6-18-38/h3-5,7-10,12-15,18-19,25-26,29-31H,2,6,11,16-17,20H2,1H3/t25-,29+,30+,31+/m0/s1. The summed E-state index contributed by atoms with van der Waals surface area (Å²) in [6.45, 7) is 1.71. The van der Waals surface area contributed by atoms with Crippen molar-refractivity contribution >= 4 is 51.1 Å². The smallest absolute Gasteiger partial charge is 0.252 e. The Kier molecular flexibility index (Phi) is 9.76. The molecule has 43 heavy (non-hydrogen) atoms. The van der Waals surface area contributed by atoms with E-state index >= 15 is 4.39 Å². The van der Waals surface area contributed by atoms with Gasteiger partial charge in [0.15, 0.2) is 0 Å². The second-order valence-corrected chi connectivity index (χ2v) is 13.9. The van der Waals surface area contributed by atoms with Crippen molar-refractivity contribution < 1.29 is 27.1 Å². The van der Waals surface area contributed by atoms with E-state index in [0.29, 0.717) is 34.9 Å². The highest BCUT2D eigenvalue weighted by Crippen LogP contribution is 2.45. The first-order valence-corrected chi connectivity index (χ1v) is 16.6. The number of anilines is 1. The zero-order valence-corrected chi connectivity index (χ0v) is 25.9. The number of sulfonamides is 1. The Labute approximate surface area is 261 Å². The molecule has 3 aromatic rings. The lowest BCUT2D eigenvalue weighted by Crippen LogP contribution is -2.57. The summed E-state index contributed by atoms with van der Waals surface area (Å²) in [6, 6.07) is 18.6. The van der Waals surface area contributed by atoms with Crippen LogP contribution in [0, 0.1) is 5.82 Å². The summed E-state index contributed by atoms with van der Waals surface area (Å²) in [4.78, 5) is 27.3. The van der Waals surface area contributed by atoms with Gasteiger partial charge in [-0.2, -0.15) is 0 Å². The Morgan fingerprint density at radius 2 is 1.74 bits per heavy atom. The maximum absolute atomic E-state index is 15.2. The molecular weight excluding hydrogens is 614 g/mol. The SMILES string of the molecule is CC[C@@H](CN(c1ccccc1F)S(=O)(=O)C1CC1)N1C(=O)[C@@H](CCC=O)O[C@H](c2cccc(Cl)c2)[C@H]1c1ccc(Cl)cc1. The summed E-state index contributed by atoms with van der Waals surface area (Å²) >= 11 is 12.6. The van der Waals surface area contributed by atoms with Gasteiger partial charge in [0.2, 0.25) is 10.0 Å². The van der Waals surface area contributed by atoms with Gasteiger partial charge in [-0.1, -0.05) is 66.5 Å². The summed E-state index contributed by atoms with van der Waals surface area (Å²) in [5.74, 6) is -1.03. The molecule has 0 bridgehead atoms. The third kappa shape index (κ3) is 6.75. The molecule has 2 fully saturated rings. The summed E-state index contributed by atoms with van der Waals surface area (Å²) < 4.78 is 50.2. The fourth-order valence-electron chi connectivity index (χ4n) is 5.66. The zero-order valence-electron chi connectivity index (χ0n) is 23.6. The molecule has 0 aromatic heterocycles. The summed E-state index contributed by atoms with van der Waals surface area (Å²) in [7, 11) is -3.91. The van der Waals surface area contributed by atoms with Crippen LogP contribution in [0.4, 0.5) is 10.1 Å². The minimum absolute atomic E-state index is 0.0551. The molecule has 0 unspecified atom stereocenters. The number of carbonyl (C=O) groups excluding carboxylic acids is 2. The highest BCUT2D eigenvalue weighted by molar-refractivity contribution is 7.93. The number of ether oxygens (including phenoxy) is 1. The normalized spacial score (nSPS) is 21.4. The van der Waals surface area contributed by atoms with E-state index in [9.17, 15) is 18.0 Å². The van der Waals surface area contributed by atoms with Crippen molar-refractivity contribution in [3.8, 4) is 0 Å². The fourth-order valence-corrected chi connectivity index (χ4v) is 7.88. The van der Waals surface area contributed by atoms with Crippen molar-refractivity contribution in [3.05, 3.63) is 99.8 Å². The van der Waals surface area contributed by atoms with Gasteiger partial charge in [-0.15, -0.1) is 0 Å². The Morgan fingerprint density at radius 1 is 1.02 bits per heavy atom. The van der Waals surface area contributed by atoms with Gasteiger partial charge in [0, 0.05) is 16.5 Å². The van der Waals surface area contributed by atoms with Crippen LogP contribution in [0.5, 0.6) is 0 Å². The quantitative estimate of drug-likeness (QED) is 0.200. The number of nitrogens with zero attached hydrogens (tertiary/aromatic N) is 2. The lowest BCUT2D eigenvalue weighted by Gasteiger charge is -2.49. The van der Waals surface area contributed by atoms with E-state index in [4.69, 9.17) is 27.9 Å². The average Bonchev–Trinajstić information content (AvgIpc) is 3.85. The molecule has 3 aromatic carbocycles. The number of halogens is 3. The van der Waals surface area contributed by atoms with Gasteiger partial charge in [-0.3, -0.25) is 9.10 Å². The van der Waals surface area contributed by atoms with Gasteiger partial charge in [-0.25, -0.2) is 12.8 Å². The molecule has 0 N–H and O–H groups in total. The second kappa shape index (κ2) is 13.3. The number of carbonyl (C=O) groups is 2. The van der Waals surface area contributed by atoms with Gasteiger partial charge >= 0.3 is 0 Å². The number of para-hydroxylation sites is 1. The molecule has 1 saturated heterocycles. The molecule has 1 saturated carbocycles. The zero-order chi connectivity index (χ0) is 30.7. The van der Waals surface area contributed by atoms with E-state index in [1.807, 2.05) is 25.1 Å². The minimum Gasteiger partial charge on any atom is -0.358 e. The predicted octanol–water partition coefficient (Wildman–Crippen LogP) is 6.90. The number of hydrogen-bond acceptors (Lipinski definition) is 5. The molecule has 1 amide bonds. The number of amides is 1. The number of morpholine rings is 1. The molecule has 11 heteroatoms. The Balaban J connectivity index is 1.64. The minimum atomic E-state index is -3.91. The molecule has 1 heterocycles. The average molecular weight is 648 g/mol. The van der Waals surface area contributed by atoms with Crippen LogP contribution in [-0.2, 0) is 24.3 Å². The molecule has 1 aliphatic heterocycles. The molecule has 5 rings (SSSR count). The maximum atomic E-state index is 15.2. The second-order valence-electron chi connectivity index (χ2n) is 10.9. The Bertz CT molecular complexity index is 1570. The first-order chi connectivity index (χ1) is 20.6. The summed E-state index contributed by atoms with van der Waals surface area (Å²) in [5.41, 5.74) is 1.38. The fraction of sp³-hybridized carbons (Fsp3) is 0.375. The molecule has 2 aliphatic rings. The van der Waals surface area contributed by atoms with Crippen LogP contribution >= 0.6 is 23.2 Å². The van der Waals surface area contributed by atoms with E-state index in [1.165, 1.54) is 18.2 Å². The van der Waals surface area contributed by atoms with Crippen molar-refractivity contribution in [3.63, 3.8) is 0 Å². The summed E-state index contributed by atoms with van der Waals surface area (Å²) in [5, 5.41) is 0.392. The van der Waals surface area contributed by atoms with Gasteiger partial charge < -0.3 is 14.4 Å². The van der Waals surface area contributed by atoms with Crippen LogP contribution in [0.3, 0.4) is 0 Å². The molecule has 0 spiro atoms. The Morgan fingerprint density at radius 3 is 2.37 bits per heavy atom. The molecular formula is C32H33Cl2FN2O5S. The van der Waals surface area contributed by atoms with Crippen LogP contribution in [0.2, 0.25) is 10.0 Å². The summed E-state index contributed by atoms with van der Waals surface area (Å²) in [6.07, 6.45) is 0.684. The first kappa shape index (κ1) is 31.4. The van der Waals surface area contributed by atoms with Crippen molar-refractivity contribution in [2.24, 2.45) is 0 Å². The molecule has 0 radical (unpaired) electrons. The van der Waals surface area contributed by atoms with E-state index in [0.717, 1.165) is 16.2 Å². The monoisotopic (exact) mass is 646 g/mol. The number of aldehydes is 1. The molecule has 1 aliphatic carbocycles. The van der Waals surface area contributed by atoms with Gasteiger partial charge in [0.1, 0.15) is 24.3 Å². The van der Waals surface area contributed by atoms with Crippen molar-refractivity contribution in [2.45, 2.75) is 68.6 Å². The lowest BCUT2D eigenvalue weighted by molar-refractivity contribution is -0.180. The molecule has 7 nitrogen and oxygen atoms in total. The highest BCUT2D eigenvalue weighted by atomic mass is 35.5. The number of rotatable bonds is 12. The maximum Gasteiger partial charge on any atom is 0.252 e. The Hall–Kier alpha value is -2.98. The van der Waals surface area contributed by atoms with Crippen LogP contribution in [0.1, 0.15) is 62.3 Å². The third-order valence-corrected chi connectivity index (χ3v) is 10.7. The van der Waals surface area contributed by atoms with Crippen LogP contribution < -0.4 is 4.31 Å². The number of hydrogen-bond donors (Lipinski definition) is 0. The van der Waals surface area contributed by atoms with E-state index in [-0.39, 0.29) is 31.0 Å². The largest absolute Gasteiger partial charge is 0.358 e. The van der Waals surface area contributed by atoms with Crippen LogP contribution in [-0.4, -0.2) is 49.5 Å². The highest BCUT2D eigenvalue weighted by Gasteiger charge is 2.48. The molecule has 228 valence electrons. The topological polar surface area (TPSA) is 84.0 Å². The van der Waals surface area contributed by atoms with Gasteiger partial charge in [0.25, 0.3) is 5.91 Å². The van der Waals surface area contributed by atoms with Crippen molar-refractivity contribution in [1.29, 1.82) is 0 Å². The van der Waals surface area contributed by atoms with Crippen molar-refractivity contribution in [2.75, 3.05) is 10.8 Å². The van der Waals surface area contributed by atoms with Crippen LogP contribution in [0.15, 0.2) is 72.8 Å².